The molecule has 1 aromatic heterocycles. The van der Waals surface area contributed by atoms with Crippen molar-refractivity contribution in [1.29, 1.82) is 0 Å². The number of aromatic nitrogens is 2. The quantitative estimate of drug-likeness (QED) is 0.672. The topological polar surface area (TPSA) is 49.0 Å². The first-order chi connectivity index (χ1) is 6.70. The number of nitrogens with one attached hydrogen (secondary N) is 1. The minimum Gasteiger partial charge on any atom is -0.355 e. The van der Waals surface area contributed by atoms with Gasteiger partial charge in [-0.25, -0.2) is 4.98 Å². The maximum absolute atomic E-state index is 11.3. The predicted molar refractivity (Wildman–Crippen MR) is 66.2 cm³/mol. The number of halogens is 2. The van der Waals surface area contributed by atoms with E-state index in [1.165, 1.54) is 6.33 Å². The van der Waals surface area contributed by atoms with Crippen molar-refractivity contribution in [3.05, 3.63) is 20.3 Å². The highest BCUT2D eigenvalue weighted by atomic mass is 127. The Balaban J connectivity index is 3.03. The van der Waals surface area contributed by atoms with E-state index >= 15 is 0 Å². The average molecular weight is 328 g/mol. The Morgan fingerprint density at radius 3 is 3.00 bits per heavy atom. The number of H-pyrrole nitrogens is 1. The maximum Gasteiger partial charge on any atom is 0.266 e. The van der Waals surface area contributed by atoms with Gasteiger partial charge in [0.05, 0.1) is 6.33 Å². The van der Waals surface area contributed by atoms with Gasteiger partial charge in [0.15, 0.2) is 0 Å². The van der Waals surface area contributed by atoms with Gasteiger partial charge in [-0.3, -0.25) is 4.79 Å². The second-order valence-electron chi connectivity index (χ2n) is 2.64. The molecule has 0 radical (unpaired) electrons. The molecule has 0 amide bonds. The lowest BCUT2D eigenvalue weighted by Gasteiger charge is -2.20. The van der Waals surface area contributed by atoms with Crippen LogP contribution in [0.3, 0.4) is 0 Å². The second kappa shape index (κ2) is 5.55. The molecule has 4 nitrogen and oxygen atoms in total. The first-order valence-corrected chi connectivity index (χ1v) is 5.86. The van der Waals surface area contributed by atoms with E-state index in [1.807, 2.05) is 34.4 Å². The third-order valence-electron chi connectivity index (χ3n) is 1.81. The van der Waals surface area contributed by atoms with Gasteiger partial charge in [0, 0.05) is 19.0 Å². The Kier molecular flexibility index (Phi) is 4.67. The minimum atomic E-state index is -0.108. The van der Waals surface area contributed by atoms with Crippen LogP contribution in [-0.4, -0.2) is 28.9 Å². The molecule has 0 aliphatic heterocycles. The van der Waals surface area contributed by atoms with Crippen LogP contribution in [0.1, 0.15) is 6.92 Å². The molecule has 1 aromatic rings. The number of alkyl halides is 1. The normalized spacial score (nSPS) is 10.2. The van der Waals surface area contributed by atoms with Gasteiger partial charge in [0.2, 0.25) is 0 Å². The molecule has 0 bridgehead atoms. The SMILES string of the molecule is CCN(CCCl)c1nc[nH]c(=O)c1I. The van der Waals surface area contributed by atoms with E-state index in [4.69, 9.17) is 11.6 Å². The number of nitrogens with zero attached hydrogens (tertiary/aromatic N) is 2. The summed E-state index contributed by atoms with van der Waals surface area (Å²) in [7, 11) is 0. The van der Waals surface area contributed by atoms with Crippen LogP contribution in [0.2, 0.25) is 0 Å². The Labute approximate surface area is 101 Å². The number of anilines is 1. The molecule has 1 N–H and O–H groups in total. The van der Waals surface area contributed by atoms with Crippen molar-refractivity contribution in [2.45, 2.75) is 6.92 Å². The highest BCUT2D eigenvalue weighted by Crippen LogP contribution is 2.14. The summed E-state index contributed by atoms with van der Waals surface area (Å²) in [5, 5.41) is 0. The van der Waals surface area contributed by atoms with Crippen LogP contribution >= 0.6 is 34.2 Å². The lowest BCUT2D eigenvalue weighted by Crippen LogP contribution is -2.29. The molecule has 14 heavy (non-hydrogen) atoms. The largest absolute Gasteiger partial charge is 0.355 e. The van der Waals surface area contributed by atoms with Gasteiger partial charge in [-0.1, -0.05) is 0 Å². The summed E-state index contributed by atoms with van der Waals surface area (Å²) >= 11 is 7.65. The summed E-state index contributed by atoms with van der Waals surface area (Å²) in [4.78, 5) is 19.9. The van der Waals surface area contributed by atoms with Crippen molar-refractivity contribution in [3.8, 4) is 0 Å². The second-order valence-corrected chi connectivity index (χ2v) is 4.09. The number of hydrogen-bond acceptors (Lipinski definition) is 3. The Morgan fingerprint density at radius 1 is 1.71 bits per heavy atom. The van der Waals surface area contributed by atoms with Gasteiger partial charge in [0.1, 0.15) is 9.39 Å². The molecule has 0 saturated carbocycles. The van der Waals surface area contributed by atoms with E-state index < -0.39 is 0 Å². The fourth-order valence-corrected chi connectivity index (χ4v) is 1.95. The zero-order valence-electron chi connectivity index (χ0n) is 7.76. The van der Waals surface area contributed by atoms with Crippen LogP contribution in [0.25, 0.3) is 0 Å². The van der Waals surface area contributed by atoms with Crippen LogP contribution in [0.4, 0.5) is 5.82 Å². The molecule has 78 valence electrons. The standard InChI is InChI=1S/C8H11ClIN3O/c1-2-13(4-3-9)7-6(10)8(14)12-5-11-7/h5H,2-4H2,1H3,(H,11,12,14). The molecule has 0 saturated heterocycles. The van der Waals surface area contributed by atoms with Gasteiger partial charge >= 0.3 is 0 Å². The van der Waals surface area contributed by atoms with E-state index in [9.17, 15) is 4.79 Å². The monoisotopic (exact) mass is 327 g/mol. The van der Waals surface area contributed by atoms with E-state index in [2.05, 4.69) is 9.97 Å². The Morgan fingerprint density at radius 2 is 2.43 bits per heavy atom. The average Bonchev–Trinajstić information content (AvgIpc) is 2.19. The number of aromatic amines is 1. The van der Waals surface area contributed by atoms with Crippen molar-refractivity contribution < 1.29 is 0 Å². The summed E-state index contributed by atoms with van der Waals surface area (Å²) in [6.45, 7) is 3.50. The van der Waals surface area contributed by atoms with Crippen molar-refractivity contribution in [1.82, 2.24) is 9.97 Å². The highest BCUT2D eigenvalue weighted by molar-refractivity contribution is 14.1. The smallest absolute Gasteiger partial charge is 0.266 e. The Bertz CT molecular complexity index is 355. The summed E-state index contributed by atoms with van der Waals surface area (Å²) in [6, 6.07) is 0. The van der Waals surface area contributed by atoms with Crippen LogP contribution in [0, 0.1) is 3.57 Å². The molecular formula is C8H11ClIN3O. The van der Waals surface area contributed by atoms with E-state index in [1.54, 1.807) is 0 Å². The zero-order valence-corrected chi connectivity index (χ0v) is 10.7. The lowest BCUT2D eigenvalue weighted by atomic mass is 10.4. The molecule has 0 spiro atoms. The van der Waals surface area contributed by atoms with Gasteiger partial charge in [0.25, 0.3) is 5.56 Å². The first kappa shape index (κ1) is 11.8. The molecule has 1 rings (SSSR count). The molecule has 0 unspecified atom stereocenters. The fraction of sp³-hybridized carbons (Fsp3) is 0.500. The summed E-state index contributed by atoms with van der Waals surface area (Å²) in [5.41, 5.74) is -0.108. The van der Waals surface area contributed by atoms with Crippen molar-refractivity contribution in [3.63, 3.8) is 0 Å². The van der Waals surface area contributed by atoms with E-state index in [0.717, 1.165) is 6.54 Å². The van der Waals surface area contributed by atoms with Crippen LogP contribution in [0.5, 0.6) is 0 Å². The number of hydrogen-bond donors (Lipinski definition) is 1. The Hall–Kier alpha value is -0.300. The molecule has 0 fully saturated rings. The predicted octanol–water partition coefficient (Wildman–Crippen LogP) is 1.44. The minimum absolute atomic E-state index is 0.108. The summed E-state index contributed by atoms with van der Waals surface area (Å²) in [6.07, 6.45) is 1.41. The summed E-state index contributed by atoms with van der Waals surface area (Å²) < 4.78 is 0.608. The third-order valence-corrected chi connectivity index (χ3v) is 2.96. The lowest BCUT2D eigenvalue weighted by molar-refractivity contribution is 0.836. The van der Waals surface area contributed by atoms with Crippen molar-refractivity contribution in [2.24, 2.45) is 0 Å². The van der Waals surface area contributed by atoms with Gasteiger partial charge < -0.3 is 9.88 Å². The van der Waals surface area contributed by atoms with Crippen LogP contribution in [0.15, 0.2) is 11.1 Å². The zero-order chi connectivity index (χ0) is 10.6. The van der Waals surface area contributed by atoms with E-state index in [0.29, 0.717) is 21.8 Å². The van der Waals surface area contributed by atoms with Gasteiger partial charge in [-0.15, -0.1) is 11.6 Å². The molecule has 0 aliphatic carbocycles. The molecule has 0 atom stereocenters. The highest BCUT2D eigenvalue weighted by Gasteiger charge is 2.11. The fourth-order valence-electron chi connectivity index (χ4n) is 1.11. The first-order valence-electron chi connectivity index (χ1n) is 4.24. The molecule has 1 heterocycles. The molecule has 6 heteroatoms. The van der Waals surface area contributed by atoms with E-state index in [-0.39, 0.29) is 5.56 Å². The van der Waals surface area contributed by atoms with Crippen molar-refractivity contribution >= 4 is 40.0 Å². The molecule has 0 aliphatic rings. The van der Waals surface area contributed by atoms with Gasteiger partial charge in [-0.05, 0) is 29.5 Å². The van der Waals surface area contributed by atoms with Crippen LogP contribution in [-0.2, 0) is 0 Å². The molecular weight excluding hydrogens is 316 g/mol. The van der Waals surface area contributed by atoms with Gasteiger partial charge in [-0.2, -0.15) is 0 Å². The van der Waals surface area contributed by atoms with Crippen molar-refractivity contribution in [2.75, 3.05) is 23.9 Å². The maximum atomic E-state index is 11.3. The molecule has 0 aromatic carbocycles. The number of rotatable bonds is 4. The third kappa shape index (κ3) is 2.60. The van der Waals surface area contributed by atoms with Crippen LogP contribution < -0.4 is 10.5 Å². The summed E-state index contributed by atoms with van der Waals surface area (Å²) in [5.74, 6) is 1.23.